The third-order valence-corrected chi connectivity index (χ3v) is 6.11. The molecule has 0 fully saturated rings. The largest absolute Gasteiger partial charge is 0.453 e. The van der Waals surface area contributed by atoms with Crippen molar-refractivity contribution in [2.75, 3.05) is 5.32 Å². The van der Waals surface area contributed by atoms with Gasteiger partial charge in [0.25, 0.3) is 0 Å². The van der Waals surface area contributed by atoms with Gasteiger partial charge in [-0.3, -0.25) is 4.98 Å². The first-order valence-electron chi connectivity index (χ1n) is 10.1. The first-order chi connectivity index (χ1) is 14.7. The Balaban J connectivity index is 1.64. The molecule has 5 rings (SSSR count). The second-order valence-corrected chi connectivity index (χ2v) is 8.35. The fraction of sp³-hybridized carbons (Fsp3) is 0.160. The molecule has 0 unspecified atom stereocenters. The molecule has 0 bridgehead atoms. The SMILES string of the molecule is Clc1ccccc1Nc1cc2cc3c(cc2cc1Oc1ccncc1Cl)CCCC3. The predicted octanol–water partition coefficient (Wildman–Crippen LogP) is 7.96. The Morgan fingerprint density at radius 3 is 2.23 bits per heavy atom. The van der Waals surface area contributed by atoms with E-state index in [2.05, 4.69) is 34.6 Å². The zero-order valence-electron chi connectivity index (χ0n) is 16.3. The average Bonchev–Trinajstić information content (AvgIpc) is 2.76. The molecular formula is C25H20Cl2N2O. The van der Waals surface area contributed by atoms with E-state index in [0.29, 0.717) is 21.5 Å². The van der Waals surface area contributed by atoms with Crippen molar-refractivity contribution in [2.45, 2.75) is 25.7 Å². The van der Waals surface area contributed by atoms with Gasteiger partial charge in [0.15, 0.2) is 5.75 Å². The van der Waals surface area contributed by atoms with Crippen molar-refractivity contribution in [1.29, 1.82) is 0 Å². The number of aromatic nitrogens is 1. The van der Waals surface area contributed by atoms with Crippen molar-refractivity contribution in [2.24, 2.45) is 0 Å². The molecule has 0 saturated heterocycles. The van der Waals surface area contributed by atoms with Gasteiger partial charge in [-0.1, -0.05) is 47.5 Å². The number of hydrogen-bond acceptors (Lipinski definition) is 3. The summed E-state index contributed by atoms with van der Waals surface area (Å²) in [5, 5.41) is 6.88. The van der Waals surface area contributed by atoms with Gasteiger partial charge in [0.05, 0.1) is 16.4 Å². The summed E-state index contributed by atoms with van der Waals surface area (Å²) in [4.78, 5) is 4.04. The monoisotopic (exact) mass is 434 g/mol. The lowest BCUT2D eigenvalue weighted by Crippen LogP contribution is -2.02. The normalized spacial score (nSPS) is 13.1. The van der Waals surface area contributed by atoms with Gasteiger partial charge < -0.3 is 10.1 Å². The van der Waals surface area contributed by atoms with Crippen LogP contribution < -0.4 is 10.1 Å². The minimum atomic E-state index is 0.465. The van der Waals surface area contributed by atoms with Gasteiger partial charge in [-0.2, -0.15) is 0 Å². The molecule has 0 radical (unpaired) electrons. The molecule has 1 heterocycles. The van der Waals surface area contributed by atoms with Crippen LogP contribution in [-0.2, 0) is 12.8 Å². The quantitative estimate of drug-likeness (QED) is 0.353. The summed E-state index contributed by atoms with van der Waals surface area (Å²) >= 11 is 12.7. The summed E-state index contributed by atoms with van der Waals surface area (Å²) in [5.41, 5.74) is 4.54. The molecule has 4 aromatic rings. The second kappa shape index (κ2) is 8.17. The molecule has 0 aliphatic heterocycles. The van der Waals surface area contributed by atoms with Crippen molar-refractivity contribution in [1.82, 2.24) is 4.98 Å². The van der Waals surface area contributed by atoms with E-state index in [-0.39, 0.29) is 0 Å². The maximum atomic E-state index is 6.39. The van der Waals surface area contributed by atoms with Crippen LogP contribution in [0.1, 0.15) is 24.0 Å². The van der Waals surface area contributed by atoms with Gasteiger partial charge in [0.2, 0.25) is 0 Å². The number of aryl methyl sites for hydroxylation is 2. The van der Waals surface area contributed by atoms with Gasteiger partial charge >= 0.3 is 0 Å². The first-order valence-corrected chi connectivity index (χ1v) is 10.8. The lowest BCUT2D eigenvalue weighted by atomic mass is 9.89. The van der Waals surface area contributed by atoms with Gasteiger partial charge in [0, 0.05) is 18.5 Å². The Morgan fingerprint density at radius 2 is 1.50 bits per heavy atom. The number of nitrogens with one attached hydrogen (secondary N) is 1. The molecule has 1 aliphatic rings. The predicted molar refractivity (Wildman–Crippen MR) is 125 cm³/mol. The zero-order chi connectivity index (χ0) is 20.5. The number of rotatable bonds is 4. The minimum absolute atomic E-state index is 0.465. The Labute approximate surface area is 185 Å². The van der Waals surface area contributed by atoms with Crippen LogP contribution in [0, 0.1) is 0 Å². The molecule has 1 aliphatic carbocycles. The van der Waals surface area contributed by atoms with Crippen LogP contribution in [0.3, 0.4) is 0 Å². The van der Waals surface area contributed by atoms with Crippen LogP contribution in [0.25, 0.3) is 10.8 Å². The summed E-state index contributed by atoms with van der Waals surface area (Å²) in [7, 11) is 0. The van der Waals surface area contributed by atoms with E-state index >= 15 is 0 Å². The maximum absolute atomic E-state index is 6.39. The first kappa shape index (κ1) is 19.2. The lowest BCUT2D eigenvalue weighted by molar-refractivity contribution is 0.485. The van der Waals surface area contributed by atoms with E-state index in [9.17, 15) is 0 Å². The van der Waals surface area contributed by atoms with Crippen LogP contribution in [-0.4, -0.2) is 4.98 Å². The fourth-order valence-electron chi connectivity index (χ4n) is 3.97. The number of ether oxygens (including phenoxy) is 1. The summed E-state index contributed by atoms with van der Waals surface area (Å²) in [6.45, 7) is 0. The van der Waals surface area contributed by atoms with Crippen molar-refractivity contribution in [3.8, 4) is 11.5 Å². The molecule has 150 valence electrons. The molecule has 1 aromatic heterocycles. The standard InChI is InChI=1S/C25H20Cl2N2O/c26-20-7-3-4-8-22(20)29-23-13-18-11-16-5-1-2-6-17(16)12-19(18)14-25(23)30-24-9-10-28-15-21(24)27/h3-4,7-15,29H,1-2,5-6H2. The van der Waals surface area contributed by atoms with Gasteiger partial charge in [-0.05, 0) is 71.8 Å². The molecule has 0 spiro atoms. The molecular weight excluding hydrogens is 415 g/mol. The minimum Gasteiger partial charge on any atom is -0.453 e. The molecule has 0 amide bonds. The highest BCUT2D eigenvalue weighted by molar-refractivity contribution is 6.33. The second-order valence-electron chi connectivity index (χ2n) is 7.54. The van der Waals surface area contributed by atoms with E-state index in [0.717, 1.165) is 29.6 Å². The van der Waals surface area contributed by atoms with Gasteiger partial charge in [0.1, 0.15) is 10.8 Å². The highest BCUT2D eigenvalue weighted by atomic mass is 35.5. The number of halogens is 2. The van der Waals surface area contributed by atoms with Crippen LogP contribution in [0.4, 0.5) is 11.4 Å². The smallest absolute Gasteiger partial charge is 0.151 e. The molecule has 0 saturated carbocycles. The summed E-state index contributed by atoms with van der Waals surface area (Å²) in [6.07, 6.45) is 8.03. The summed E-state index contributed by atoms with van der Waals surface area (Å²) < 4.78 is 6.23. The fourth-order valence-corrected chi connectivity index (χ4v) is 4.31. The third kappa shape index (κ3) is 3.83. The van der Waals surface area contributed by atoms with E-state index in [1.807, 2.05) is 24.3 Å². The van der Waals surface area contributed by atoms with Gasteiger partial charge in [-0.25, -0.2) is 0 Å². The average molecular weight is 435 g/mol. The van der Waals surface area contributed by atoms with Crippen molar-refractivity contribution < 1.29 is 4.74 Å². The number of fused-ring (bicyclic) bond motifs is 2. The Bertz CT molecular complexity index is 1140. The maximum Gasteiger partial charge on any atom is 0.151 e. The number of anilines is 2. The van der Waals surface area contributed by atoms with Crippen LogP contribution >= 0.6 is 23.2 Å². The number of pyridine rings is 1. The van der Waals surface area contributed by atoms with E-state index in [1.54, 1.807) is 18.5 Å². The molecule has 30 heavy (non-hydrogen) atoms. The number of para-hydroxylation sites is 1. The summed E-state index contributed by atoms with van der Waals surface area (Å²) in [6, 6.07) is 18.2. The highest BCUT2D eigenvalue weighted by Crippen LogP contribution is 2.40. The number of hydrogen-bond donors (Lipinski definition) is 1. The molecule has 0 atom stereocenters. The number of nitrogens with zero attached hydrogens (tertiary/aromatic N) is 1. The zero-order valence-corrected chi connectivity index (χ0v) is 17.8. The van der Waals surface area contributed by atoms with Crippen molar-refractivity contribution >= 4 is 45.3 Å². The third-order valence-electron chi connectivity index (χ3n) is 5.50. The van der Waals surface area contributed by atoms with Crippen LogP contribution in [0.2, 0.25) is 10.0 Å². The molecule has 3 aromatic carbocycles. The molecule has 1 N–H and O–H groups in total. The van der Waals surface area contributed by atoms with Crippen LogP contribution in [0.15, 0.2) is 67.0 Å². The molecule has 3 nitrogen and oxygen atoms in total. The summed E-state index contributed by atoms with van der Waals surface area (Å²) in [5.74, 6) is 1.25. The van der Waals surface area contributed by atoms with E-state index < -0.39 is 0 Å². The van der Waals surface area contributed by atoms with Crippen LogP contribution in [0.5, 0.6) is 11.5 Å². The van der Waals surface area contributed by atoms with Crippen molar-refractivity contribution in [3.05, 3.63) is 88.2 Å². The lowest BCUT2D eigenvalue weighted by Gasteiger charge is -2.19. The van der Waals surface area contributed by atoms with E-state index in [1.165, 1.54) is 29.4 Å². The van der Waals surface area contributed by atoms with Crippen molar-refractivity contribution in [3.63, 3.8) is 0 Å². The Morgan fingerprint density at radius 1 is 0.767 bits per heavy atom. The number of benzene rings is 3. The highest BCUT2D eigenvalue weighted by Gasteiger charge is 2.15. The molecule has 5 heteroatoms. The Kier molecular flexibility index (Phi) is 5.24. The topological polar surface area (TPSA) is 34.1 Å². The Hall–Kier alpha value is -2.75. The van der Waals surface area contributed by atoms with E-state index in [4.69, 9.17) is 27.9 Å². The van der Waals surface area contributed by atoms with Gasteiger partial charge in [-0.15, -0.1) is 0 Å².